The second kappa shape index (κ2) is 5.97. The first-order chi connectivity index (χ1) is 10.1. The molecule has 1 heteroatoms. The van der Waals surface area contributed by atoms with Crippen LogP contribution in [-0.4, -0.2) is 16.0 Å². The van der Waals surface area contributed by atoms with Crippen LogP contribution in [0.15, 0.2) is 54.6 Å². The summed E-state index contributed by atoms with van der Waals surface area (Å²) in [6.45, 7) is 16.9. The highest BCUT2D eigenvalue weighted by atomic mass is 31.1. The molecule has 0 amide bonds. The largest absolute Gasteiger partial charge is 0.0873 e. The summed E-state index contributed by atoms with van der Waals surface area (Å²) in [5.74, 6) is 0. The van der Waals surface area contributed by atoms with Crippen LogP contribution in [0.1, 0.15) is 54.0 Å². The summed E-state index contributed by atoms with van der Waals surface area (Å²) < 4.78 is 0. The fourth-order valence-electron chi connectivity index (χ4n) is 3.98. The summed E-state index contributed by atoms with van der Waals surface area (Å²) in [6.07, 6.45) is 9.36. The first kappa shape index (κ1) is 17.5. The van der Waals surface area contributed by atoms with E-state index in [0.717, 1.165) is 0 Å². The van der Waals surface area contributed by atoms with Crippen molar-refractivity contribution in [3.05, 3.63) is 60.2 Å². The average molecular weight is 314 g/mol. The summed E-state index contributed by atoms with van der Waals surface area (Å²) in [5.41, 5.74) is 2.08. The lowest BCUT2D eigenvalue weighted by atomic mass is 9.77. The minimum Gasteiger partial charge on any atom is -0.0873 e. The maximum atomic E-state index is 2.47. The predicted octanol–water partition coefficient (Wildman–Crippen LogP) is 6.52. The maximum Gasteiger partial charge on any atom is 0.0209 e. The van der Waals surface area contributed by atoms with Crippen LogP contribution in [0, 0.1) is 0 Å². The van der Waals surface area contributed by atoms with Crippen LogP contribution in [0.25, 0.3) is 0 Å². The summed E-state index contributed by atoms with van der Waals surface area (Å²) in [4.78, 5) is 0. The second-order valence-corrected chi connectivity index (χ2v) is 12.5. The van der Waals surface area contributed by atoms with Gasteiger partial charge in [0.25, 0.3) is 0 Å². The van der Waals surface area contributed by atoms with Gasteiger partial charge in [-0.1, -0.05) is 111 Å². The first-order valence-corrected chi connectivity index (χ1v) is 9.69. The Kier molecular flexibility index (Phi) is 4.74. The second-order valence-electron chi connectivity index (χ2n) is 8.55. The minimum atomic E-state index is -0.211. The van der Waals surface area contributed by atoms with Crippen molar-refractivity contribution in [3.8, 4) is 0 Å². The van der Waals surface area contributed by atoms with Crippen LogP contribution in [0.2, 0.25) is 0 Å². The molecule has 120 valence electrons. The topological polar surface area (TPSA) is 0 Å². The van der Waals surface area contributed by atoms with Crippen molar-refractivity contribution in [1.82, 2.24) is 0 Å². The third-order valence-electron chi connectivity index (χ3n) is 4.58. The molecule has 0 aliphatic heterocycles. The first-order valence-electron chi connectivity index (χ1n) is 8.28. The van der Waals surface area contributed by atoms with E-state index in [0.29, 0.717) is 16.0 Å². The molecule has 0 radical (unpaired) electrons. The molecule has 0 heterocycles. The minimum absolute atomic E-state index is 0.0856. The standard InChI is InChI=1S/C21H31P/c1-19(2,3)22(20(4,5)6)18-15-11-12-16-21(18,7)17-13-9-8-10-14-17/h8-16,18H,1-7H3. The van der Waals surface area contributed by atoms with Crippen LogP contribution in [0.4, 0.5) is 0 Å². The average Bonchev–Trinajstić information content (AvgIpc) is 2.39. The summed E-state index contributed by atoms with van der Waals surface area (Å²) in [6, 6.07) is 11.0. The Bertz CT molecular complexity index is 540. The molecule has 0 bridgehead atoms. The Labute approximate surface area is 138 Å². The molecule has 2 atom stereocenters. The van der Waals surface area contributed by atoms with E-state index < -0.39 is 0 Å². The van der Waals surface area contributed by atoms with Crippen molar-refractivity contribution >= 4 is 7.92 Å². The lowest BCUT2D eigenvalue weighted by molar-refractivity contribution is 0.578. The lowest BCUT2D eigenvalue weighted by Crippen LogP contribution is -2.41. The number of benzene rings is 1. The highest BCUT2D eigenvalue weighted by molar-refractivity contribution is 7.61. The van der Waals surface area contributed by atoms with Gasteiger partial charge in [0.15, 0.2) is 0 Å². The van der Waals surface area contributed by atoms with Crippen molar-refractivity contribution in [1.29, 1.82) is 0 Å². The van der Waals surface area contributed by atoms with Gasteiger partial charge < -0.3 is 0 Å². The van der Waals surface area contributed by atoms with Gasteiger partial charge in [0.05, 0.1) is 0 Å². The molecule has 22 heavy (non-hydrogen) atoms. The molecule has 1 aromatic carbocycles. The van der Waals surface area contributed by atoms with E-state index in [9.17, 15) is 0 Å². The van der Waals surface area contributed by atoms with Crippen LogP contribution in [0.5, 0.6) is 0 Å². The van der Waals surface area contributed by atoms with Crippen LogP contribution in [-0.2, 0) is 5.41 Å². The third-order valence-corrected chi connectivity index (χ3v) is 8.74. The maximum absolute atomic E-state index is 2.47. The molecule has 0 saturated heterocycles. The van der Waals surface area contributed by atoms with Crippen molar-refractivity contribution in [2.24, 2.45) is 0 Å². The van der Waals surface area contributed by atoms with Crippen molar-refractivity contribution in [3.63, 3.8) is 0 Å². The SMILES string of the molecule is CC1(c2ccccc2)C=CC=CC1P(C(C)(C)C)C(C)(C)C. The Morgan fingerprint density at radius 3 is 1.91 bits per heavy atom. The number of allylic oxidation sites excluding steroid dienone is 4. The van der Waals surface area contributed by atoms with Crippen molar-refractivity contribution in [2.75, 3.05) is 0 Å². The zero-order valence-electron chi connectivity index (χ0n) is 15.2. The number of hydrogen-bond acceptors (Lipinski definition) is 0. The highest BCUT2D eigenvalue weighted by Gasteiger charge is 2.46. The van der Waals surface area contributed by atoms with E-state index in [-0.39, 0.29) is 13.3 Å². The summed E-state index contributed by atoms with van der Waals surface area (Å²) >= 11 is 0. The molecule has 1 aliphatic rings. The van der Waals surface area contributed by atoms with Gasteiger partial charge in [0.1, 0.15) is 0 Å². The van der Waals surface area contributed by atoms with E-state index in [2.05, 4.69) is 103 Å². The molecule has 0 saturated carbocycles. The smallest absolute Gasteiger partial charge is 0.0209 e. The van der Waals surface area contributed by atoms with Crippen LogP contribution in [0.3, 0.4) is 0 Å². The van der Waals surface area contributed by atoms with Crippen molar-refractivity contribution in [2.45, 2.75) is 69.9 Å². The molecular weight excluding hydrogens is 283 g/mol. The van der Waals surface area contributed by atoms with E-state index in [1.54, 1.807) is 0 Å². The van der Waals surface area contributed by atoms with Crippen LogP contribution >= 0.6 is 7.92 Å². The fraction of sp³-hybridized carbons (Fsp3) is 0.524. The van der Waals surface area contributed by atoms with Gasteiger partial charge in [-0.05, 0) is 15.9 Å². The predicted molar refractivity (Wildman–Crippen MR) is 102 cm³/mol. The van der Waals surface area contributed by atoms with E-state index in [1.165, 1.54) is 5.56 Å². The normalized spacial score (nSPS) is 25.7. The fourth-order valence-corrected chi connectivity index (χ4v) is 8.71. The zero-order valence-corrected chi connectivity index (χ0v) is 16.1. The molecular formula is C21H31P. The van der Waals surface area contributed by atoms with E-state index in [1.807, 2.05) is 0 Å². The monoisotopic (exact) mass is 314 g/mol. The molecule has 2 unspecified atom stereocenters. The van der Waals surface area contributed by atoms with Crippen molar-refractivity contribution < 1.29 is 0 Å². The van der Waals surface area contributed by atoms with Gasteiger partial charge in [0, 0.05) is 11.1 Å². The number of hydrogen-bond donors (Lipinski definition) is 0. The third kappa shape index (κ3) is 3.38. The molecule has 0 aromatic heterocycles. The molecule has 2 rings (SSSR count). The Morgan fingerprint density at radius 2 is 1.41 bits per heavy atom. The summed E-state index contributed by atoms with van der Waals surface area (Å²) in [7, 11) is -0.211. The summed E-state index contributed by atoms with van der Waals surface area (Å²) in [5, 5.41) is 0.646. The van der Waals surface area contributed by atoms with Gasteiger partial charge in [-0.3, -0.25) is 0 Å². The molecule has 0 N–H and O–H groups in total. The van der Waals surface area contributed by atoms with Gasteiger partial charge in [-0.15, -0.1) is 0 Å². The van der Waals surface area contributed by atoms with E-state index >= 15 is 0 Å². The Morgan fingerprint density at radius 1 is 0.864 bits per heavy atom. The van der Waals surface area contributed by atoms with Gasteiger partial charge in [0.2, 0.25) is 0 Å². The number of rotatable bonds is 2. The molecule has 1 aliphatic carbocycles. The molecule has 0 nitrogen and oxygen atoms in total. The molecule has 0 spiro atoms. The molecule has 1 aromatic rings. The zero-order chi connectivity index (χ0) is 16.6. The quantitative estimate of drug-likeness (QED) is 0.545. The van der Waals surface area contributed by atoms with E-state index in [4.69, 9.17) is 0 Å². The lowest BCUT2D eigenvalue weighted by Gasteiger charge is -2.51. The van der Waals surface area contributed by atoms with Gasteiger partial charge in [-0.2, -0.15) is 0 Å². The van der Waals surface area contributed by atoms with Gasteiger partial charge in [-0.25, -0.2) is 0 Å². The Hall–Kier alpha value is -0.870. The molecule has 0 fully saturated rings. The van der Waals surface area contributed by atoms with Crippen LogP contribution < -0.4 is 0 Å². The van der Waals surface area contributed by atoms with Gasteiger partial charge >= 0.3 is 0 Å². The highest BCUT2D eigenvalue weighted by Crippen LogP contribution is 2.67. The Balaban J connectivity index is 2.55.